The molecule has 1 aromatic heterocycles. The number of aromatic carboxylic acids is 1. The van der Waals surface area contributed by atoms with Crippen LogP contribution < -0.4 is 10.4 Å². The van der Waals surface area contributed by atoms with Crippen LogP contribution >= 0.6 is 11.8 Å². The van der Waals surface area contributed by atoms with Crippen LogP contribution in [0.2, 0.25) is 0 Å². The van der Waals surface area contributed by atoms with Crippen molar-refractivity contribution in [3.8, 4) is 11.4 Å². The fourth-order valence-electron chi connectivity index (χ4n) is 2.74. The molecule has 3 rings (SSSR count). The van der Waals surface area contributed by atoms with E-state index in [2.05, 4.69) is 22.1 Å². The van der Waals surface area contributed by atoms with Crippen molar-refractivity contribution in [1.82, 2.24) is 14.8 Å². The van der Waals surface area contributed by atoms with Crippen LogP contribution in [0.5, 0.6) is 0 Å². The number of hydrogen-bond acceptors (Lipinski definition) is 6. The molecule has 1 heterocycles. The Morgan fingerprint density at radius 3 is 2.62 bits per heavy atom. The van der Waals surface area contributed by atoms with Crippen LogP contribution in [0.25, 0.3) is 11.4 Å². The number of benzene rings is 2. The van der Waals surface area contributed by atoms with Gasteiger partial charge in [-0.3, -0.25) is 9.36 Å². The summed E-state index contributed by atoms with van der Waals surface area (Å²) in [6.45, 7) is 6.02. The van der Waals surface area contributed by atoms with E-state index in [0.29, 0.717) is 28.8 Å². The Morgan fingerprint density at radius 2 is 1.97 bits per heavy atom. The molecule has 0 fully saturated rings. The normalized spacial score (nSPS) is 10.5. The second-order valence-electron chi connectivity index (χ2n) is 6.23. The zero-order valence-corrected chi connectivity index (χ0v) is 16.6. The van der Waals surface area contributed by atoms with Crippen LogP contribution in [0.3, 0.4) is 0 Å². The van der Waals surface area contributed by atoms with Crippen molar-refractivity contribution in [3.05, 3.63) is 72.3 Å². The number of nitrogens with zero attached hydrogens (tertiary/aromatic N) is 3. The fraction of sp³-hybridized carbons (Fsp3) is 0.143. The predicted octanol–water partition coefficient (Wildman–Crippen LogP) is 2.53. The Bertz CT molecular complexity index is 1050. The molecule has 0 aliphatic rings. The summed E-state index contributed by atoms with van der Waals surface area (Å²) in [5, 5.41) is 22.8. The molecule has 0 atom stereocenters. The van der Waals surface area contributed by atoms with Gasteiger partial charge < -0.3 is 15.2 Å². The van der Waals surface area contributed by atoms with E-state index in [-0.39, 0.29) is 17.2 Å². The molecule has 0 aliphatic heterocycles. The monoisotopic (exact) mass is 407 g/mol. The molecule has 2 aromatic carbocycles. The number of aromatic nitrogens is 3. The lowest BCUT2D eigenvalue weighted by atomic mass is 10.1. The van der Waals surface area contributed by atoms with Crippen molar-refractivity contribution in [2.75, 3.05) is 11.1 Å². The molecule has 0 saturated heterocycles. The van der Waals surface area contributed by atoms with Gasteiger partial charge in [0.1, 0.15) is 0 Å². The molecule has 0 bridgehead atoms. The number of aryl methyl sites for hydroxylation is 1. The molecule has 0 aliphatic carbocycles. The van der Waals surface area contributed by atoms with Crippen molar-refractivity contribution >= 4 is 29.3 Å². The van der Waals surface area contributed by atoms with Gasteiger partial charge in [0.25, 0.3) is 0 Å². The Hall–Kier alpha value is -3.39. The number of thioether (sulfide) groups is 1. The largest absolute Gasteiger partial charge is 0.545 e. The molecule has 0 saturated carbocycles. The summed E-state index contributed by atoms with van der Waals surface area (Å²) in [7, 11) is 0. The van der Waals surface area contributed by atoms with Gasteiger partial charge in [0.2, 0.25) is 5.91 Å². The molecule has 0 spiro atoms. The molecule has 0 radical (unpaired) electrons. The third kappa shape index (κ3) is 4.91. The van der Waals surface area contributed by atoms with E-state index in [1.165, 1.54) is 23.9 Å². The Balaban J connectivity index is 1.70. The van der Waals surface area contributed by atoms with Gasteiger partial charge in [0.15, 0.2) is 11.0 Å². The highest BCUT2D eigenvalue weighted by atomic mass is 32.2. The van der Waals surface area contributed by atoms with Gasteiger partial charge in [-0.25, -0.2) is 0 Å². The van der Waals surface area contributed by atoms with Crippen molar-refractivity contribution in [2.24, 2.45) is 0 Å². The maximum Gasteiger partial charge on any atom is 0.234 e. The van der Waals surface area contributed by atoms with Crippen LogP contribution in [0.15, 0.2) is 66.3 Å². The Labute approximate surface area is 172 Å². The Morgan fingerprint density at radius 1 is 1.21 bits per heavy atom. The first-order valence-electron chi connectivity index (χ1n) is 8.83. The summed E-state index contributed by atoms with van der Waals surface area (Å²) in [5.74, 6) is -0.640. The van der Waals surface area contributed by atoms with E-state index in [1.54, 1.807) is 19.1 Å². The minimum Gasteiger partial charge on any atom is -0.545 e. The molecule has 3 aromatic rings. The number of amides is 1. The highest BCUT2D eigenvalue weighted by Crippen LogP contribution is 2.24. The average Bonchev–Trinajstić information content (AvgIpc) is 3.11. The molecule has 29 heavy (non-hydrogen) atoms. The van der Waals surface area contributed by atoms with Gasteiger partial charge in [0.05, 0.1) is 11.7 Å². The average molecular weight is 407 g/mol. The number of anilines is 1. The molecule has 7 nitrogen and oxygen atoms in total. The van der Waals surface area contributed by atoms with E-state index in [4.69, 9.17) is 0 Å². The standard InChI is InChI=1S/C21H20N4O3S/c1-3-11-25-19(15-7-5-4-6-8-15)23-24-21(25)29-13-18(26)22-17-10-9-16(20(27)28)12-14(17)2/h3-10,12H,1,11,13H2,2H3,(H,22,26)(H,27,28)/p-1. The van der Waals surface area contributed by atoms with E-state index >= 15 is 0 Å². The van der Waals surface area contributed by atoms with Crippen LogP contribution in [-0.4, -0.2) is 32.4 Å². The summed E-state index contributed by atoms with van der Waals surface area (Å²) in [6, 6.07) is 14.1. The third-order valence-corrected chi connectivity index (χ3v) is 5.10. The van der Waals surface area contributed by atoms with Gasteiger partial charge in [0, 0.05) is 17.8 Å². The van der Waals surface area contributed by atoms with Gasteiger partial charge in [-0.05, 0) is 30.2 Å². The lowest BCUT2D eigenvalue weighted by Crippen LogP contribution is -2.22. The molecular formula is C21H19N4O3S-. The van der Waals surface area contributed by atoms with Crippen molar-refractivity contribution < 1.29 is 14.7 Å². The zero-order chi connectivity index (χ0) is 20.8. The van der Waals surface area contributed by atoms with E-state index < -0.39 is 5.97 Å². The predicted molar refractivity (Wildman–Crippen MR) is 111 cm³/mol. The number of carbonyl (C=O) groups is 2. The number of carboxylic acid groups (broad SMARTS) is 1. The zero-order valence-electron chi connectivity index (χ0n) is 15.8. The van der Waals surface area contributed by atoms with Crippen LogP contribution in [0.1, 0.15) is 15.9 Å². The lowest BCUT2D eigenvalue weighted by molar-refractivity contribution is -0.255. The number of carboxylic acids is 1. The molecule has 8 heteroatoms. The molecule has 1 amide bonds. The molecule has 0 unspecified atom stereocenters. The first-order valence-corrected chi connectivity index (χ1v) is 9.82. The summed E-state index contributed by atoms with van der Waals surface area (Å²) >= 11 is 1.27. The smallest absolute Gasteiger partial charge is 0.234 e. The summed E-state index contributed by atoms with van der Waals surface area (Å²) in [4.78, 5) is 23.3. The Kier molecular flexibility index (Phi) is 6.46. The van der Waals surface area contributed by atoms with Gasteiger partial charge in [-0.2, -0.15) is 0 Å². The van der Waals surface area contributed by atoms with E-state index in [1.807, 2.05) is 34.9 Å². The minimum atomic E-state index is -1.25. The van der Waals surface area contributed by atoms with E-state index in [9.17, 15) is 14.7 Å². The van der Waals surface area contributed by atoms with Gasteiger partial charge in [-0.15, -0.1) is 16.8 Å². The molecule has 148 valence electrons. The number of carbonyl (C=O) groups excluding carboxylic acids is 2. The first kappa shape index (κ1) is 20.3. The van der Waals surface area contributed by atoms with Crippen molar-refractivity contribution in [1.29, 1.82) is 0 Å². The second kappa shape index (κ2) is 9.20. The van der Waals surface area contributed by atoms with Crippen molar-refractivity contribution in [2.45, 2.75) is 18.6 Å². The van der Waals surface area contributed by atoms with Crippen LogP contribution in [0.4, 0.5) is 5.69 Å². The summed E-state index contributed by atoms with van der Waals surface area (Å²) < 4.78 is 1.90. The minimum absolute atomic E-state index is 0.0702. The number of rotatable bonds is 8. The second-order valence-corrected chi connectivity index (χ2v) is 7.17. The summed E-state index contributed by atoms with van der Waals surface area (Å²) in [5.41, 5.74) is 2.20. The van der Waals surface area contributed by atoms with Gasteiger partial charge >= 0.3 is 0 Å². The first-order chi connectivity index (χ1) is 14.0. The maximum atomic E-state index is 12.4. The topological polar surface area (TPSA) is 99.9 Å². The fourth-order valence-corrected chi connectivity index (χ4v) is 3.48. The van der Waals surface area contributed by atoms with E-state index in [0.717, 1.165) is 5.56 Å². The highest BCUT2D eigenvalue weighted by Gasteiger charge is 2.15. The molecular weight excluding hydrogens is 388 g/mol. The summed E-state index contributed by atoms with van der Waals surface area (Å²) in [6.07, 6.45) is 1.75. The number of allylic oxidation sites excluding steroid dienone is 1. The van der Waals surface area contributed by atoms with Crippen molar-refractivity contribution in [3.63, 3.8) is 0 Å². The van der Waals surface area contributed by atoms with Crippen LogP contribution in [-0.2, 0) is 11.3 Å². The maximum absolute atomic E-state index is 12.4. The number of hydrogen-bond donors (Lipinski definition) is 1. The molecule has 1 N–H and O–H groups in total. The highest BCUT2D eigenvalue weighted by molar-refractivity contribution is 7.99. The van der Waals surface area contributed by atoms with Gasteiger partial charge in [-0.1, -0.05) is 54.2 Å². The SMILES string of the molecule is C=CCn1c(SCC(=O)Nc2ccc(C(=O)[O-])cc2C)nnc1-c1ccccc1. The quantitative estimate of drug-likeness (QED) is 0.455. The number of nitrogens with one attached hydrogen (secondary N) is 1. The third-order valence-electron chi connectivity index (χ3n) is 4.13. The van der Waals surface area contributed by atoms with Crippen LogP contribution in [0, 0.1) is 6.92 Å². The lowest BCUT2D eigenvalue weighted by Gasteiger charge is -2.11.